The highest BCUT2D eigenvalue weighted by Crippen LogP contribution is 2.17. The molecule has 0 unspecified atom stereocenters. The molecule has 0 heterocycles. The summed E-state index contributed by atoms with van der Waals surface area (Å²) < 4.78 is 0. The predicted molar refractivity (Wildman–Crippen MR) is 51.7 cm³/mol. The Morgan fingerprint density at radius 1 is 1.33 bits per heavy atom. The van der Waals surface area contributed by atoms with Crippen LogP contribution in [-0.4, -0.2) is 5.91 Å². The molecule has 0 aliphatic rings. The number of hydrogen-bond acceptors (Lipinski definition) is 1. The van der Waals surface area contributed by atoms with Gasteiger partial charge >= 0.3 is 0 Å². The van der Waals surface area contributed by atoms with Crippen molar-refractivity contribution < 1.29 is 4.79 Å². The van der Waals surface area contributed by atoms with E-state index in [9.17, 15) is 4.79 Å². The smallest absolute Gasteiger partial charge is 0.217 e. The highest BCUT2D eigenvalue weighted by atomic mass is 16.1. The Balaban J connectivity index is 3.60. The largest absolute Gasteiger partial charge is 0.370 e. The van der Waals surface area contributed by atoms with Gasteiger partial charge in [-0.25, -0.2) is 0 Å². The Morgan fingerprint density at radius 3 is 2.25 bits per heavy atom. The zero-order valence-electron chi connectivity index (χ0n) is 8.47. The Bertz CT molecular complexity index is 132. The Morgan fingerprint density at radius 2 is 1.92 bits per heavy atom. The first kappa shape index (κ1) is 11.5. The molecule has 0 aromatic rings. The van der Waals surface area contributed by atoms with Crippen LogP contribution in [0.15, 0.2) is 0 Å². The maximum Gasteiger partial charge on any atom is 0.217 e. The lowest BCUT2D eigenvalue weighted by Gasteiger charge is -2.13. The molecule has 0 rings (SSSR count). The van der Waals surface area contributed by atoms with Gasteiger partial charge in [0.2, 0.25) is 5.91 Å². The van der Waals surface area contributed by atoms with Crippen molar-refractivity contribution in [1.29, 1.82) is 0 Å². The minimum atomic E-state index is -0.161. The summed E-state index contributed by atoms with van der Waals surface area (Å²) in [6.45, 7) is 6.53. The molecule has 2 nitrogen and oxygen atoms in total. The molecule has 0 saturated heterocycles. The molecule has 0 saturated carbocycles. The first-order valence-corrected chi connectivity index (χ1v) is 4.84. The van der Waals surface area contributed by atoms with Crippen molar-refractivity contribution in [2.75, 3.05) is 0 Å². The number of nitrogens with two attached hydrogens (primary N) is 1. The summed E-state index contributed by atoms with van der Waals surface area (Å²) in [5.41, 5.74) is 5.14. The van der Waals surface area contributed by atoms with E-state index in [4.69, 9.17) is 5.73 Å². The van der Waals surface area contributed by atoms with E-state index in [1.165, 1.54) is 6.42 Å². The van der Waals surface area contributed by atoms with E-state index >= 15 is 0 Å². The zero-order valence-corrected chi connectivity index (χ0v) is 8.47. The van der Waals surface area contributed by atoms with E-state index in [2.05, 4.69) is 20.8 Å². The monoisotopic (exact) mass is 171 g/mol. The normalized spacial score (nSPS) is 13.3. The lowest BCUT2D eigenvalue weighted by Crippen LogP contribution is -2.16. The SMILES string of the molecule is CC[C@@H](CCC(C)C)CC(N)=O. The third kappa shape index (κ3) is 6.20. The third-order valence-electron chi connectivity index (χ3n) is 2.22. The number of primary amides is 1. The fourth-order valence-corrected chi connectivity index (χ4v) is 1.30. The molecule has 0 radical (unpaired) electrons. The molecule has 1 atom stereocenters. The minimum Gasteiger partial charge on any atom is -0.370 e. The molecule has 1 amide bonds. The topological polar surface area (TPSA) is 43.1 Å². The molecule has 0 aromatic carbocycles. The second-order valence-electron chi connectivity index (χ2n) is 3.92. The van der Waals surface area contributed by atoms with Crippen LogP contribution in [0.4, 0.5) is 0 Å². The number of carbonyl (C=O) groups is 1. The van der Waals surface area contributed by atoms with Gasteiger partial charge in [0.15, 0.2) is 0 Å². The van der Waals surface area contributed by atoms with Gasteiger partial charge in [-0.2, -0.15) is 0 Å². The second kappa shape index (κ2) is 6.04. The third-order valence-corrected chi connectivity index (χ3v) is 2.22. The highest BCUT2D eigenvalue weighted by molar-refractivity contribution is 5.73. The first-order valence-electron chi connectivity index (χ1n) is 4.84. The summed E-state index contributed by atoms with van der Waals surface area (Å²) in [7, 11) is 0. The van der Waals surface area contributed by atoms with E-state index in [0.717, 1.165) is 18.8 Å². The maximum atomic E-state index is 10.6. The second-order valence-corrected chi connectivity index (χ2v) is 3.92. The summed E-state index contributed by atoms with van der Waals surface area (Å²) in [4.78, 5) is 10.6. The molecule has 0 bridgehead atoms. The molecular weight excluding hydrogens is 150 g/mol. The first-order chi connectivity index (χ1) is 5.56. The van der Waals surface area contributed by atoms with Crippen LogP contribution in [-0.2, 0) is 4.79 Å². The van der Waals surface area contributed by atoms with Crippen molar-refractivity contribution >= 4 is 5.91 Å². The van der Waals surface area contributed by atoms with Crippen molar-refractivity contribution in [1.82, 2.24) is 0 Å². The molecule has 2 N–H and O–H groups in total. The Kier molecular flexibility index (Phi) is 5.77. The van der Waals surface area contributed by atoms with Gasteiger partial charge in [0.25, 0.3) is 0 Å². The van der Waals surface area contributed by atoms with E-state index in [-0.39, 0.29) is 5.91 Å². The minimum absolute atomic E-state index is 0.161. The van der Waals surface area contributed by atoms with Gasteiger partial charge < -0.3 is 5.73 Å². The van der Waals surface area contributed by atoms with Crippen LogP contribution in [0, 0.1) is 11.8 Å². The average Bonchev–Trinajstić information content (AvgIpc) is 1.97. The molecule has 0 aliphatic carbocycles. The van der Waals surface area contributed by atoms with E-state index in [1.807, 2.05) is 0 Å². The van der Waals surface area contributed by atoms with Gasteiger partial charge in [0.1, 0.15) is 0 Å². The molecule has 0 aliphatic heterocycles. The van der Waals surface area contributed by atoms with Crippen LogP contribution in [0.5, 0.6) is 0 Å². The van der Waals surface area contributed by atoms with Crippen LogP contribution in [0.3, 0.4) is 0 Å². The predicted octanol–water partition coefficient (Wildman–Crippen LogP) is 2.32. The number of amides is 1. The quantitative estimate of drug-likeness (QED) is 0.655. The van der Waals surface area contributed by atoms with Gasteiger partial charge in [-0.3, -0.25) is 4.79 Å². The fourth-order valence-electron chi connectivity index (χ4n) is 1.30. The van der Waals surface area contributed by atoms with Crippen LogP contribution < -0.4 is 5.73 Å². The van der Waals surface area contributed by atoms with Gasteiger partial charge in [0, 0.05) is 6.42 Å². The summed E-state index contributed by atoms with van der Waals surface area (Å²) in [5, 5.41) is 0. The summed E-state index contributed by atoms with van der Waals surface area (Å²) in [5.74, 6) is 1.07. The van der Waals surface area contributed by atoms with Crippen molar-refractivity contribution in [3.63, 3.8) is 0 Å². The lowest BCUT2D eigenvalue weighted by atomic mass is 9.93. The van der Waals surface area contributed by atoms with Gasteiger partial charge in [0.05, 0.1) is 0 Å². The lowest BCUT2D eigenvalue weighted by molar-refractivity contribution is -0.119. The van der Waals surface area contributed by atoms with Crippen molar-refractivity contribution in [2.45, 2.75) is 46.5 Å². The van der Waals surface area contributed by atoms with Crippen molar-refractivity contribution in [3.05, 3.63) is 0 Å². The van der Waals surface area contributed by atoms with E-state index in [1.54, 1.807) is 0 Å². The molecule has 2 heteroatoms. The summed E-state index contributed by atoms with van der Waals surface area (Å²) in [6.07, 6.45) is 3.96. The van der Waals surface area contributed by atoms with Gasteiger partial charge in [-0.15, -0.1) is 0 Å². The average molecular weight is 171 g/mol. The van der Waals surface area contributed by atoms with Crippen molar-refractivity contribution in [2.24, 2.45) is 17.6 Å². The number of rotatable bonds is 6. The summed E-state index contributed by atoms with van der Waals surface area (Å²) >= 11 is 0. The molecule has 0 aromatic heterocycles. The molecular formula is C10H21NO. The standard InChI is InChI=1S/C10H21NO/c1-4-9(7-10(11)12)6-5-8(2)3/h8-9H,4-7H2,1-3H3,(H2,11,12)/t9-/m0/s1. The molecule has 0 fully saturated rings. The molecule has 12 heavy (non-hydrogen) atoms. The zero-order chi connectivity index (χ0) is 9.56. The Labute approximate surface area is 75.5 Å². The van der Waals surface area contributed by atoms with Crippen LogP contribution in [0.2, 0.25) is 0 Å². The fraction of sp³-hybridized carbons (Fsp3) is 0.900. The molecule has 72 valence electrons. The Hall–Kier alpha value is -0.530. The number of carbonyl (C=O) groups excluding carboxylic acids is 1. The van der Waals surface area contributed by atoms with E-state index in [0.29, 0.717) is 12.3 Å². The highest BCUT2D eigenvalue weighted by Gasteiger charge is 2.09. The summed E-state index contributed by atoms with van der Waals surface area (Å²) in [6, 6.07) is 0. The van der Waals surface area contributed by atoms with E-state index < -0.39 is 0 Å². The van der Waals surface area contributed by atoms with Crippen LogP contribution in [0.1, 0.15) is 46.5 Å². The maximum absolute atomic E-state index is 10.6. The van der Waals surface area contributed by atoms with Crippen molar-refractivity contribution in [3.8, 4) is 0 Å². The van der Waals surface area contributed by atoms with Gasteiger partial charge in [-0.05, 0) is 18.3 Å². The van der Waals surface area contributed by atoms with Crippen LogP contribution >= 0.6 is 0 Å². The molecule has 0 spiro atoms. The van der Waals surface area contributed by atoms with Gasteiger partial charge in [-0.1, -0.05) is 33.6 Å². The number of hydrogen-bond donors (Lipinski definition) is 1. The van der Waals surface area contributed by atoms with Crippen LogP contribution in [0.25, 0.3) is 0 Å².